The molecule has 0 bridgehead atoms. The van der Waals surface area contributed by atoms with E-state index in [1.165, 1.54) is 0 Å². The number of halogens is 2. The third kappa shape index (κ3) is 5.02. The molecule has 32 heavy (non-hydrogen) atoms. The molecule has 0 aliphatic heterocycles. The standard InChI is InChI=1S/C21H17Cl2N3O5S/c22-15-10-16(23)19(32(29,30)26-12-6-7-12)9-14(15)21(28)31-11-20(27)25-18-5-1-4-17-13(18)3-2-8-24-17/h1-5,8-10,12,26H,6-7,11H2,(H,25,27). The molecule has 0 atom stereocenters. The van der Waals surface area contributed by atoms with Gasteiger partial charge in [0, 0.05) is 17.6 Å². The molecule has 4 rings (SSSR count). The smallest absolute Gasteiger partial charge is 0.340 e. The van der Waals surface area contributed by atoms with Crippen molar-refractivity contribution in [2.45, 2.75) is 23.8 Å². The Kier molecular flexibility index (Phi) is 6.34. The number of nitrogens with one attached hydrogen (secondary N) is 2. The van der Waals surface area contributed by atoms with Gasteiger partial charge in [-0.1, -0.05) is 29.3 Å². The van der Waals surface area contributed by atoms with Crippen molar-refractivity contribution in [1.82, 2.24) is 9.71 Å². The average Bonchev–Trinajstić information content (AvgIpc) is 3.55. The Morgan fingerprint density at radius 1 is 1.09 bits per heavy atom. The Labute approximate surface area is 193 Å². The first-order valence-electron chi connectivity index (χ1n) is 9.57. The lowest BCUT2D eigenvalue weighted by molar-refractivity contribution is -0.119. The zero-order chi connectivity index (χ0) is 22.9. The lowest BCUT2D eigenvalue weighted by atomic mass is 10.2. The third-order valence-corrected chi connectivity index (χ3v) is 6.98. The topological polar surface area (TPSA) is 114 Å². The fourth-order valence-corrected chi connectivity index (χ4v) is 5.14. The zero-order valence-electron chi connectivity index (χ0n) is 16.5. The van der Waals surface area contributed by atoms with Crippen LogP contribution in [0.25, 0.3) is 10.9 Å². The highest BCUT2D eigenvalue weighted by Crippen LogP contribution is 2.31. The van der Waals surface area contributed by atoms with Crippen LogP contribution in [0.2, 0.25) is 10.0 Å². The van der Waals surface area contributed by atoms with Crippen molar-refractivity contribution in [1.29, 1.82) is 0 Å². The van der Waals surface area contributed by atoms with Crippen LogP contribution in [0.5, 0.6) is 0 Å². The minimum Gasteiger partial charge on any atom is -0.452 e. The molecule has 3 aromatic rings. The van der Waals surface area contributed by atoms with Crippen LogP contribution in [0, 0.1) is 0 Å². The molecule has 0 radical (unpaired) electrons. The largest absolute Gasteiger partial charge is 0.452 e. The van der Waals surface area contributed by atoms with E-state index in [-0.39, 0.29) is 26.5 Å². The van der Waals surface area contributed by atoms with Crippen molar-refractivity contribution in [3.8, 4) is 0 Å². The highest BCUT2D eigenvalue weighted by atomic mass is 35.5. The highest BCUT2D eigenvalue weighted by Gasteiger charge is 2.30. The maximum atomic E-state index is 12.5. The lowest BCUT2D eigenvalue weighted by Gasteiger charge is -2.12. The Balaban J connectivity index is 1.46. The molecule has 0 spiro atoms. The van der Waals surface area contributed by atoms with Crippen LogP contribution in [0.4, 0.5) is 5.69 Å². The van der Waals surface area contributed by atoms with Gasteiger partial charge in [-0.2, -0.15) is 0 Å². The van der Waals surface area contributed by atoms with Crippen molar-refractivity contribution in [3.05, 3.63) is 64.3 Å². The number of esters is 1. The first-order valence-corrected chi connectivity index (χ1v) is 11.8. The Morgan fingerprint density at radius 3 is 2.62 bits per heavy atom. The van der Waals surface area contributed by atoms with Crippen molar-refractivity contribution < 1.29 is 22.7 Å². The first-order chi connectivity index (χ1) is 15.2. The molecule has 11 heteroatoms. The van der Waals surface area contributed by atoms with Gasteiger partial charge in [-0.15, -0.1) is 0 Å². The van der Waals surface area contributed by atoms with Crippen LogP contribution in [0.15, 0.2) is 53.6 Å². The average molecular weight is 494 g/mol. The zero-order valence-corrected chi connectivity index (χ0v) is 18.8. The predicted octanol–water partition coefficient (Wildman–Crippen LogP) is 3.78. The number of aromatic nitrogens is 1. The molecule has 1 amide bonds. The molecular weight excluding hydrogens is 477 g/mol. The molecule has 1 aromatic heterocycles. The summed E-state index contributed by atoms with van der Waals surface area (Å²) in [5, 5.41) is 3.18. The third-order valence-electron chi connectivity index (χ3n) is 4.68. The van der Waals surface area contributed by atoms with Crippen molar-refractivity contribution in [2.24, 2.45) is 0 Å². The molecule has 0 saturated heterocycles. The fraction of sp³-hybridized carbons (Fsp3) is 0.190. The van der Waals surface area contributed by atoms with Crippen LogP contribution in [0.1, 0.15) is 23.2 Å². The number of sulfonamides is 1. The second-order valence-electron chi connectivity index (χ2n) is 7.16. The van der Waals surface area contributed by atoms with Gasteiger partial charge in [0.15, 0.2) is 6.61 Å². The van der Waals surface area contributed by atoms with Crippen LogP contribution in [-0.4, -0.2) is 37.9 Å². The van der Waals surface area contributed by atoms with Gasteiger partial charge in [-0.05, 0) is 49.2 Å². The van der Waals surface area contributed by atoms with E-state index in [2.05, 4.69) is 15.0 Å². The van der Waals surface area contributed by atoms with E-state index in [0.717, 1.165) is 30.4 Å². The van der Waals surface area contributed by atoms with Gasteiger partial charge >= 0.3 is 5.97 Å². The summed E-state index contributed by atoms with van der Waals surface area (Å²) < 4.78 is 32.5. The molecule has 1 aliphatic rings. The second kappa shape index (κ2) is 9.03. The fourth-order valence-electron chi connectivity index (χ4n) is 2.98. The number of carbonyl (C=O) groups is 2. The van der Waals surface area contributed by atoms with Gasteiger partial charge in [-0.3, -0.25) is 9.78 Å². The number of fused-ring (bicyclic) bond motifs is 1. The van der Waals surface area contributed by atoms with Gasteiger partial charge in [0.25, 0.3) is 5.91 Å². The molecule has 8 nitrogen and oxygen atoms in total. The maximum absolute atomic E-state index is 12.5. The minimum atomic E-state index is -3.93. The summed E-state index contributed by atoms with van der Waals surface area (Å²) in [7, 11) is -3.93. The van der Waals surface area contributed by atoms with E-state index in [4.69, 9.17) is 27.9 Å². The van der Waals surface area contributed by atoms with Crippen LogP contribution >= 0.6 is 23.2 Å². The van der Waals surface area contributed by atoms with Crippen molar-refractivity contribution in [2.75, 3.05) is 11.9 Å². The molecule has 1 heterocycles. The van der Waals surface area contributed by atoms with Gasteiger partial charge < -0.3 is 10.1 Å². The molecule has 2 aromatic carbocycles. The molecule has 0 unspecified atom stereocenters. The van der Waals surface area contributed by atoms with E-state index in [9.17, 15) is 18.0 Å². The minimum absolute atomic E-state index is 0.0918. The van der Waals surface area contributed by atoms with Crippen LogP contribution < -0.4 is 10.0 Å². The van der Waals surface area contributed by atoms with Gasteiger partial charge in [0.1, 0.15) is 4.90 Å². The molecule has 166 valence electrons. The Morgan fingerprint density at radius 2 is 1.88 bits per heavy atom. The van der Waals surface area contributed by atoms with E-state index in [1.54, 1.807) is 36.5 Å². The molecule has 1 aliphatic carbocycles. The van der Waals surface area contributed by atoms with E-state index >= 15 is 0 Å². The van der Waals surface area contributed by atoms with Gasteiger partial charge in [-0.25, -0.2) is 17.9 Å². The second-order valence-corrected chi connectivity index (χ2v) is 9.65. The highest BCUT2D eigenvalue weighted by molar-refractivity contribution is 7.89. The predicted molar refractivity (Wildman–Crippen MR) is 120 cm³/mol. The monoisotopic (exact) mass is 493 g/mol. The summed E-state index contributed by atoms with van der Waals surface area (Å²) in [5.41, 5.74) is 0.999. The Hall–Kier alpha value is -2.72. The summed E-state index contributed by atoms with van der Waals surface area (Å²) in [4.78, 5) is 28.8. The number of pyridine rings is 1. The number of nitrogens with zero attached hydrogens (tertiary/aromatic N) is 1. The molecule has 1 saturated carbocycles. The van der Waals surface area contributed by atoms with E-state index in [0.29, 0.717) is 11.2 Å². The number of hydrogen-bond acceptors (Lipinski definition) is 6. The quantitative estimate of drug-likeness (QED) is 0.484. The number of anilines is 1. The van der Waals surface area contributed by atoms with E-state index in [1.807, 2.05) is 0 Å². The molecular formula is C21H17Cl2N3O5S. The summed E-state index contributed by atoms with van der Waals surface area (Å²) in [6.45, 7) is -0.600. The van der Waals surface area contributed by atoms with Crippen molar-refractivity contribution >= 4 is 61.7 Å². The maximum Gasteiger partial charge on any atom is 0.340 e. The lowest BCUT2D eigenvalue weighted by Crippen LogP contribution is -2.26. The normalized spacial score (nSPS) is 13.7. The number of amides is 1. The summed E-state index contributed by atoms with van der Waals surface area (Å²) in [5.74, 6) is -1.53. The SMILES string of the molecule is O=C(COC(=O)c1cc(S(=O)(=O)NC2CC2)c(Cl)cc1Cl)Nc1cccc2ncccc12. The Bertz CT molecular complexity index is 1320. The number of rotatable bonds is 7. The number of carbonyl (C=O) groups excluding carboxylic acids is 2. The number of ether oxygens (including phenoxy) is 1. The van der Waals surface area contributed by atoms with Gasteiger partial charge in [0.2, 0.25) is 10.0 Å². The number of benzene rings is 2. The molecule has 1 fully saturated rings. The van der Waals surface area contributed by atoms with Crippen LogP contribution in [-0.2, 0) is 19.6 Å². The summed E-state index contributed by atoms with van der Waals surface area (Å²) >= 11 is 12.1. The summed E-state index contributed by atoms with van der Waals surface area (Å²) in [6.07, 6.45) is 3.11. The van der Waals surface area contributed by atoms with E-state index < -0.39 is 28.5 Å². The molecule has 2 N–H and O–H groups in total. The summed E-state index contributed by atoms with van der Waals surface area (Å²) in [6, 6.07) is 10.8. The number of hydrogen-bond donors (Lipinski definition) is 2. The van der Waals surface area contributed by atoms with Crippen molar-refractivity contribution in [3.63, 3.8) is 0 Å². The first kappa shape index (κ1) is 22.5. The van der Waals surface area contributed by atoms with Crippen LogP contribution in [0.3, 0.4) is 0 Å². The van der Waals surface area contributed by atoms with Gasteiger partial charge in [0.05, 0.1) is 26.8 Å².